The van der Waals surface area contributed by atoms with Crippen LogP contribution in [0.15, 0.2) is 18.2 Å². The number of methoxy groups -OCH3 is 2. The fourth-order valence-corrected chi connectivity index (χ4v) is 2.78. The number of fused-ring (bicyclic) bond motifs is 1. The summed E-state index contributed by atoms with van der Waals surface area (Å²) in [5.74, 6) is 4.83. The Hall–Kier alpha value is -2.83. The van der Waals surface area contributed by atoms with Gasteiger partial charge in [-0.15, -0.1) is 0 Å². The Kier molecular flexibility index (Phi) is 5.25. The molecule has 2 N–H and O–H groups in total. The van der Waals surface area contributed by atoms with Gasteiger partial charge in [-0.1, -0.05) is 19.9 Å². The summed E-state index contributed by atoms with van der Waals surface area (Å²) in [6.07, 6.45) is 0.624. The maximum absolute atomic E-state index is 5.39. The second-order valence-electron chi connectivity index (χ2n) is 6.36. The van der Waals surface area contributed by atoms with E-state index < -0.39 is 0 Å². The van der Waals surface area contributed by atoms with Crippen molar-refractivity contribution in [3.63, 3.8) is 0 Å². The molecule has 2 aliphatic heterocycles. The van der Waals surface area contributed by atoms with Crippen molar-refractivity contribution >= 4 is 5.82 Å². The number of nitrogens with zero attached hydrogens (tertiary/aromatic N) is 3. The summed E-state index contributed by atoms with van der Waals surface area (Å²) in [5, 5.41) is 3.29. The first-order valence-electron chi connectivity index (χ1n) is 8.77. The molecular formula is C19H25N5O2. The summed E-state index contributed by atoms with van der Waals surface area (Å²) in [6, 6.07) is 5.86. The van der Waals surface area contributed by atoms with Crippen molar-refractivity contribution in [2.75, 3.05) is 26.1 Å². The first kappa shape index (κ1) is 18.0. The van der Waals surface area contributed by atoms with Crippen LogP contribution in [0.4, 0.5) is 5.82 Å². The molecule has 0 atom stereocenters. The predicted octanol–water partition coefficient (Wildman–Crippen LogP) is 3.47. The zero-order chi connectivity index (χ0) is 18.7. The van der Waals surface area contributed by atoms with Gasteiger partial charge >= 0.3 is 0 Å². The van der Waals surface area contributed by atoms with E-state index in [1.807, 2.05) is 25.1 Å². The Bertz CT molecular complexity index is 859. The average molecular weight is 355 g/mol. The van der Waals surface area contributed by atoms with Gasteiger partial charge < -0.3 is 19.8 Å². The summed E-state index contributed by atoms with van der Waals surface area (Å²) >= 11 is 0. The number of benzene rings is 1. The smallest absolute Gasteiger partial charge is 0.163 e. The number of aromatic amines is 1. The van der Waals surface area contributed by atoms with E-state index in [2.05, 4.69) is 34.1 Å². The lowest BCUT2D eigenvalue weighted by Gasteiger charge is -2.12. The van der Waals surface area contributed by atoms with Crippen LogP contribution < -0.4 is 14.8 Å². The van der Waals surface area contributed by atoms with Crippen LogP contribution in [0.2, 0.25) is 0 Å². The highest BCUT2D eigenvalue weighted by atomic mass is 16.5. The second-order valence-corrected chi connectivity index (χ2v) is 6.36. The molecule has 2 heterocycles. The molecule has 0 amide bonds. The molecule has 3 rings (SSSR count). The number of aromatic nitrogens is 4. The molecule has 2 aliphatic rings. The summed E-state index contributed by atoms with van der Waals surface area (Å²) < 4.78 is 10.7. The molecule has 7 nitrogen and oxygen atoms in total. The molecule has 0 bridgehead atoms. The molecule has 1 aromatic carbocycles. The molecule has 26 heavy (non-hydrogen) atoms. The van der Waals surface area contributed by atoms with Gasteiger partial charge in [-0.05, 0) is 24.6 Å². The van der Waals surface area contributed by atoms with Crippen LogP contribution in [0.5, 0.6) is 11.5 Å². The third-order valence-electron chi connectivity index (χ3n) is 4.09. The fourth-order valence-electron chi connectivity index (χ4n) is 2.78. The Morgan fingerprint density at radius 3 is 2.50 bits per heavy atom. The maximum Gasteiger partial charge on any atom is 0.163 e. The third kappa shape index (κ3) is 3.56. The number of hydrogen-bond acceptors (Lipinski definition) is 6. The van der Waals surface area contributed by atoms with Crippen LogP contribution in [0.3, 0.4) is 0 Å². The molecule has 0 aromatic heterocycles. The van der Waals surface area contributed by atoms with Gasteiger partial charge in [0.1, 0.15) is 11.6 Å². The van der Waals surface area contributed by atoms with Crippen LogP contribution in [-0.4, -0.2) is 40.7 Å². The van der Waals surface area contributed by atoms with E-state index >= 15 is 0 Å². The highest BCUT2D eigenvalue weighted by Gasteiger charge is 2.20. The zero-order valence-electron chi connectivity index (χ0n) is 15.9. The molecule has 0 radical (unpaired) electrons. The lowest BCUT2D eigenvalue weighted by atomic mass is 10.1. The highest BCUT2D eigenvalue weighted by Crippen LogP contribution is 2.30. The molecule has 0 spiro atoms. The Morgan fingerprint density at radius 2 is 1.85 bits per heavy atom. The van der Waals surface area contributed by atoms with E-state index in [1.54, 1.807) is 14.2 Å². The number of H-pyrrole nitrogens is 1. The van der Waals surface area contributed by atoms with Crippen LogP contribution in [-0.2, 0) is 6.42 Å². The molecule has 0 saturated heterocycles. The van der Waals surface area contributed by atoms with Gasteiger partial charge in [0.05, 0.1) is 14.2 Å². The van der Waals surface area contributed by atoms with Gasteiger partial charge in [0.2, 0.25) is 0 Å². The topological polar surface area (TPSA) is 85.0 Å². The Morgan fingerprint density at radius 1 is 1.08 bits per heavy atom. The number of nitrogens with one attached hydrogen (secondary N) is 2. The van der Waals surface area contributed by atoms with Crippen molar-refractivity contribution in [2.45, 2.75) is 33.1 Å². The molecule has 0 saturated carbocycles. The number of ether oxygens (including phenoxy) is 2. The van der Waals surface area contributed by atoms with Gasteiger partial charge in [-0.3, -0.25) is 0 Å². The van der Waals surface area contributed by atoms with Crippen LogP contribution in [0, 0.1) is 0 Å². The average Bonchev–Trinajstić information content (AvgIpc) is 3.06. The SMILES string of the molecule is CCNc1nc(Cc2ccc(OC)c(OC)c2)[nH]c2nc(C(C)C)nc1-2. The van der Waals surface area contributed by atoms with Crippen molar-refractivity contribution in [2.24, 2.45) is 0 Å². The minimum absolute atomic E-state index is 0.263. The fraction of sp³-hybridized carbons (Fsp3) is 0.421. The molecule has 7 heteroatoms. The minimum atomic E-state index is 0.263. The molecule has 0 unspecified atom stereocenters. The van der Waals surface area contributed by atoms with E-state index in [0.717, 1.165) is 41.1 Å². The van der Waals surface area contributed by atoms with E-state index in [-0.39, 0.29) is 5.92 Å². The molecule has 1 aromatic rings. The molecular weight excluding hydrogens is 330 g/mol. The molecule has 138 valence electrons. The number of anilines is 1. The van der Waals surface area contributed by atoms with E-state index in [4.69, 9.17) is 14.5 Å². The maximum atomic E-state index is 5.39. The van der Waals surface area contributed by atoms with Gasteiger partial charge in [0.25, 0.3) is 0 Å². The van der Waals surface area contributed by atoms with Crippen molar-refractivity contribution < 1.29 is 9.47 Å². The normalized spacial score (nSPS) is 11.2. The zero-order valence-corrected chi connectivity index (χ0v) is 15.9. The van der Waals surface area contributed by atoms with Crippen LogP contribution >= 0.6 is 0 Å². The van der Waals surface area contributed by atoms with Crippen molar-refractivity contribution in [3.05, 3.63) is 35.4 Å². The third-order valence-corrected chi connectivity index (χ3v) is 4.09. The van der Waals surface area contributed by atoms with Crippen LogP contribution in [0.1, 0.15) is 43.9 Å². The Balaban J connectivity index is 1.98. The second kappa shape index (κ2) is 7.59. The van der Waals surface area contributed by atoms with Gasteiger partial charge in [-0.25, -0.2) is 15.0 Å². The van der Waals surface area contributed by atoms with E-state index in [0.29, 0.717) is 17.9 Å². The van der Waals surface area contributed by atoms with Gasteiger partial charge in [-0.2, -0.15) is 0 Å². The lowest BCUT2D eigenvalue weighted by molar-refractivity contribution is 0.354. The van der Waals surface area contributed by atoms with Gasteiger partial charge in [0, 0.05) is 18.9 Å². The van der Waals surface area contributed by atoms with E-state index in [9.17, 15) is 0 Å². The van der Waals surface area contributed by atoms with E-state index in [1.165, 1.54) is 0 Å². The highest BCUT2D eigenvalue weighted by molar-refractivity contribution is 5.67. The molecule has 0 aliphatic carbocycles. The largest absolute Gasteiger partial charge is 0.493 e. The standard InChI is InChI=1S/C19H25N5O2/c1-6-20-18-16-19(24-17(23-16)11(2)3)22-15(21-18)10-12-7-8-13(25-4)14(9-12)26-5/h7-9,11H,6,10H2,1-5H3,(H2,20,21,22,23,24). The predicted molar refractivity (Wildman–Crippen MR) is 101 cm³/mol. The quantitative estimate of drug-likeness (QED) is 0.675. The number of imidazole rings is 1. The number of rotatable bonds is 7. The first-order chi connectivity index (χ1) is 12.5. The summed E-state index contributed by atoms with van der Waals surface area (Å²) in [5.41, 5.74) is 1.85. The van der Waals surface area contributed by atoms with Crippen molar-refractivity contribution in [3.8, 4) is 23.0 Å². The Labute approximate surface area is 153 Å². The minimum Gasteiger partial charge on any atom is -0.493 e. The lowest BCUT2D eigenvalue weighted by Crippen LogP contribution is -2.08. The number of hydrogen-bond donors (Lipinski definition) is 2. The molecule has 0 fully saturated rings. The monoisotopic (exact) mass is 355 g/mol. The summed E-state index contributed by atoms with van der Waals surface area (Å²) in [6.45, 7) is 6.97. The first-order valence-corrected chi connectivity index (χ1v) is 8.77. The van der Waals surface area contributed by atoms with Crippen molar-refractivity contribution in [1.29, 1.82) is 0 Å². The van der Waals surface area contributed by atoms with Crippen LogP contribution in [0.25, 0.3) is 11.5 Å². The van der Waals surface area contributed by atoms with Crippen molar-refractivity contribution in [1.82, 2.24) is 19.9 Å². The summed E-state index contributed by atoms with van der Waals surface area (Å²) in [7, 11) is 3.26. The summed E-state index contributed by atoms with van der Waals surface area (Å²) in [4.78, 5) is 17.3. The van der Waals surface area contributed by atoms with Gasteiger partial charge in [0.15, 0.2) is 28.8 Å².